The highest BCUT2D eigenvalue weighted by molar-refractivity contribution is 6.30. The molecule has 3 aromatic heterocycles. The Balaban J connectivity index is 1.49. The Morgan fingerprint density at radius 1 is 1.12 bits per heavy atom. The van der Waals surface area contributed by atoms with Crippen molar-refractivity contribution in [2.24, 2.45) is 5.92 Å². The van der Waals surface area contributed by atoms with Gasteiger partial charge in [0.25, 0.3) is 5.91 Å². The van der Waals surface area contributed by atoms with Crippen molar-refractivity contribution in [1.82, 2.24) is 14.9 Å². The van der Waals surface area contributed by atoms with Crippen LogP contribution in [0.5, 0.6) is 0 Å². The topological polar surface area (TPSA) is 100 Å². The largest absolute Gasteiger partial charge is 0.447 e. The molecule has 1 fully saturated rings. The number of carbonyl (C=O) groups excluding carboxylic acids is 2. The van der Waals surface area contributed by atoms with Crippen molar-refractivity contribution in [3.05, 3.63) is 47.4 Å². The first-order valence-electron chi connectivity index (χ1n) is 10.7. The third kappa shape index (κ3) is 5.08. The molecule has 2 N–H and O–H groups in total. The molecule has 0 atom stereocenters. The van der Waals surface area contributed by atoms with Crippen LogP contribution in [0, 0.1) is 5.92 Å². The summed E-state index contributed by atoms with van der Waals surface area (Å²) in [7, 11) is 4.20. The lowest BCUT2D eigenvalue weighted by Crippen LogP contribution is -2.33. The number of carbonyl (C=O) groups is 2. The highest BCUT2D eigenvalue weighted by Crippen LogP contribution is 2.32. The molecule has 0 saturated heterocycles. The van der Waals surface area contributed by atoms with Crippen LogP contribution in [0.3, 0.4) is 0 Å². The molecule has 3 aromatic rings. The number of nitrogens with zero attached hydrogens (tertiary/aromatic N) is 3. The fourth-order valence-electron chi connectivity index (χ4n) is 4.15. The Morgan fingerprint density at radius 3 is 2.59 bits per heavy atom. The monoisotopic (exact) mass is 455 g/mol. The van der Waals surface area contributed by atoms with Crippen LogP contribution in [0.4, 0.5) is 11.5 Å². The summed E-state index contributed by atoms with van der Waals surface area (Å²) in [6.07, 6.45) is 7.63. The van der Waals surface area contributed by atoms with Gasteiger partial charge >= 0.3 is 0 Å². The summed E-state index contributed by atoms with van der Waals surface area (Å²) in [5, 5.41) is 6.01. The van der Waals surface area contributed by atoms with Crippen molar-refractivity contribution < 1.29 is 14.0 Å². The third-order valence-corrected chi connectivity index (χ3v) is 6.13. The van der Waals surface area contributed by atoms with Gasteiger partial charge in [-0.2, -0.15) is 0 Å². The molecule has 0 aromatic carbocycles. The second kappa shape index (κ2) is 9.67. The van der Waals surface area contributed by atoms with Gasteiger partial charge in [-0.3, -0.25) is 14.6 Å². The van der Waals surface area contributed by atoms with Crippen LogP contribution < -0.4 is 10.6 Å². The van der Waals surface area contributed by atoms with Gasteiger partial charge in [-0.1, -0.05) is 11.6 Å². The van der Waals surface area contributed by atoms with E-state index in [1.807, 2.05) is 0 Å². The van der Waals surface area contributed by atoms with Gasteiger partial charge in [0.1, 0.15) is 17.0 Å². The summed E-state index contributed by atoms with van der Waals surface area (Å²) in [5.41, 5.74) is 1.13. The molecule has 0 aliphatic heterocycles. The highest BCUT2D eigenvalue weighted by atomic mass is 35.5. The summed E-state index contributed by atoms with van der Waals surface area (Å²) in [6.45, 7) is 0. The number of nitrogens with one attached hydrogen (secondary N) is 2. The van der Waals surface area contributed by atoms with Crippen molar-refractivity contribution in [2.75, 3.05) is 24.7 Å². The Hall–Kier alpha value is -2.97. The first-order valence-corrected chi connectivity index (χ1v) is 11.0. The van der Waals surface area contributed by atoms with E-state index in [1.165, 1.54) is 6.20 Å². The number of halogens is 1. The second-order valence-corrected chi connectivity index (χ2v) is 8.80. The first kappa shape index (κ1) is 22.2. The fraction of sp³-hybridized carbons (Fsp3) is 0.391. The minimum absolute atomic E-state index is 0.0138. The third-order valence-electron chi connectivity index (χ3n) is 5.91. The van der Waals surface area contributed by atoms with Crippen molar-refractivity contribution in [3.63, 3.8) is 0 Å². The average Bonchev–Trinajstić information content (AvgIpc) is 3.14. The number of furan rings is 1. The van der Waals surface area contributed by atoms with Gasteiger partial charge in [-0.05, 0) is 70.0 Å². The van der Waals surface area contributed by atoms with Crippen molar-refractivity contribution in [3.8, 4) is 0 Å². The van der Waals surface area contributed by atoms with E-state index in [0.717, 1.165) is 25.7 Å². The lowest BCUT2D eigenvalue weighted by molar-refractivity contribution is -0.117. The van der Waals surface area contributed by atoms with Crippen LogP contribution in [-0.2, 0) is 4.79 Å². The predicted octanol–water partition coefficient (Wildman–Crippen LogP) is 4.58. The molecule has 9 heteroatoms. The van der Waals surface area contributed by atoms with E-state index < -0.39 is 5.91 Å². The zero-order valence-electron chi connectivity index (χ0n) is 18.1. The maximum absolute atomic E-state index is 12.9. The molecule has 2 amide bonds. The first-order chi connectivity index (χ1) is 15.4. The number of anilines is 2. The minimum Gasteiger partial charge on any atom is -0.447 e. The summed E-state index contributed by atoms with van der Waals surface area (Å²) in [4.78, 5) is 36.4. The van der Waals surface area contributed by atoms with Crippen LogP contribution in [0.15, 0.2) is 41.1 Å². The Labute approximate surface area is 191 Å². The normalized spacial score (nSPS) is 18.6. The lowest BCUT2D eigenvalue weighted by Gasteiger charge is -2.32. The number of hydrogen-bond acceptors (Lipinski definition) is 6. The molecule has 0 unspecified atom stereocenters. The average molecular weight is 456 g/mol. The second-order valence-electron chi connectivity index (χ2n) is 8.36. The number of pyridine rings is 2. The molecule has 1 saturated carbocycles. The number of fused-ring (bicyclic) bond motifs is 1. The molecule has 0 radical (unpaired) electrons. The lowest BCUT2D eigenvalue weighted by atomic mass is 9.83. The number of rotatable bonds is 6. The molecule has 168 valence electrons. The summed E-state index contributed by atoms with van der Waals surface area (Å²) in [5.74, 6) is -0.0411. The molecular weight excluding hydrogens is 430 g/mol. The number of aromatic nitrogens is 2. The predicted molar refractivity (Wildman–Crippen MR) is 124 cm³/mol. The molecule has 1 aliphatic rings. The van der Waals surface area contributed by atoms with Gasteiger partial charge in [0.15, 0.2) is 5.58 Å². The molecule has 32 heavy (non-hydrogen) atoms. The van der Waals surface area contributed by atoms with Crippen LogP contribution in [0.25, 0.3) is 11.1 Å². The number of hydrogen-bond donors (Lipinski definition) is 2. The quantitative estimate of drug-likeness (QED) is 0.564. The Morgan fingerprint density at radius 2 is 1.91 bits per heavy atom. The van der Waals surface area contributed by atoms with Crippen LogP contribution in [-0.4, -0.2) is 46.8 Å². The maximum Gasteiger partial charge on any atom is 0.294 e. The fourth-order valence-corrected chi connectivity index (χ4v) is 4.26. The zero-order valence-corrected chi connectivity index (χ0v) is 18.9. The molecule has 0 bridgehead atoms. The van der Waals surface area contributed by atoms with Crippen molar-refractivity contribution >= 4 is 46.0 Å². The minimum atomic E-state index is -0.528. The van der Waals surface area contributed by atoms with E-state index >= 15 is 0 Å². The van der Waals surface area contributed by atoms with E-state index in [-0.39, 0.29) is 17.4 Å². The van der Waals surface area contributed by atoms with E-state index in [4.69, 9.17) is 16.0 Å². The van der Waals surface area contributed by atoms with E-state index in [9.17, 15) is 9.59 Å². The van der Waals surface area contributed by atoms with Gasteiger partial charge in [-0.15, -0.1) is 0 Å². The zero-order chi connectivity index (χ0) is 22.7. The summed E-state index contributed by atoms with van der Waals surface area (Å²) >= 11 is 5.85. The van der Waals surface area contributed by atoms with Crippen LogP contribution in [0.1, 0.15) is 42.7 Å². The smallest absolute Gasteiger partial charge is 0.294 e. The number of amides is 2. The Kier molecular flexibility index (Phi) is 6.72. The van der Waals surface area contributed by atoms with Gasteiger partial charge in [0, 0.05) is 24.9 Å². The van der Waals surface area contributed by atoms with Gasteiger partial charge in [0.05, 0.1) is 5.02 Å². The molecule has 8 nitrogen and oxygen atoms in total. The summed E-state index contributed by atoms with van der Waals surface area (Å²) < 4.78 is 5.74. The van der Waals surface area contributed by atoms with Gasteiger partial charge in [0.2, 0.25) is 11.7 Å². The standard InChI is InChI=1S/C23H26ClN5O3/c1-29(2)16-8-5-14(6-9-16)12-19(30)28-21-20-17(4-3-11-25-20)32-22(21)23(31)27-18-10-7-15(24)13-26-18/h3-4,7,10-11,13-14,16H,5-6,8-9,12H2,1-2H3,(H,28,30)(H,26,27,31). The molecule has 0 spiro atoms. The molecule has 4 rings (SSSR count). The van der Waals surface area contributed by atoms with E-state index in [0.29, 0.717) is 40.3 Å². The maximum atomic E-state index is 12.9. The van der Waals surface area contributed by atoms with Gasteiger partial charge < -0.3 is 20.0 Å². The van der Waals surface area contributed by atoms with E-state index in [2.05, 4.69) is 39.6 Å². The van der Waals surface area contributed by atoms with E-state index in [1.54, 1.807) is 30.5 Å². The van der Waals surface area contributed by atoms with Gasteiger partial charge in [-0.25, -0.2) is 4.98 Å². The van der Waals surface area contributed by atoms with Crippen molar-refractivity contribution in [1.29, 1.82) is 0 Å². The Bertz CT molecular complexity index is 1100. The van der Waals surface area contributed by atoms with Crippen LogP contribution in [0.2, 0.25) is 5.02 Å². The SMILES string of the molecule is CN(C)C1CCC(CC(=O)Nc2c(C(=O)Nc3ccc(Cl)cn3)oc3cccnc23)CC1. The molecule has 1 aliphatic carbocycles. The molecule has 3 heterocycles. The summed E-state index contributed by atoms with van der Waals surface area (Å²) in [6, 6.07) is 7.20. The highest BCUT2D eigenvalue weighted by Gasteiger charge is 2.27. The van der Waals surface area contributed by atoms with Crippen LogP contribution >= 0.6 is 11.6 Å². The molecular formula is C23H26ClN5O3. The van der Waals surface area contributed by atoms with Crippen molar-refractivity contribution in [2.45, 2.75) is 38.1 Å².